The Morgan fingerprint density at radius 1 is 1.13 bits per heavy atom. The summed E-state index contributed by atoms with van der Waals surface area (Å²) in [4.78, 5) is 45.4. The van der Waals surface area contributed by atoms with Crippen LogP contribution in [0, 0.1) is 0 Å². The second-order valence-corrected chi connectivity index (χ2v) is 15.2. The minimum atomic E-state index is -3.23. The summed E-state index contributed by atoms with van der Waals surface area (Å²) in [6.45, 7) is 11.3. The lowest BCUT2D eigenvalue weighted by atomic mass is 9.90. The molecule has 2 aromatic rings. The molecule has 1 aromatic carbocycles. The number of likely N-dealkylation sites (tertiary alicyclic amines) is 1. The van der Waals surface area contributed by atoms with Crippen molar-refractivity contribution in [2.24, 2.45) is 0 Å². The molecule has 2 fully saturated rings. The number of rotatable bonds is 12. The van der Waals surface area contributed by atoms with Gasteiger partial charge in [-0.05, 0) is 57.6 Å². The molecule has 14 heteroatoms. The molecular weight excluding hydrogens is 624 g/mol. The Hall–Kier alpha value is -3.04. The zero-order valence-electron chi connectivity index (χ0n) is 28.6. The molecule has 0 saturated carbocycles. The number of aromatic nitrogens is 1. The van der Waals surface area contributed by atoms with Crippen LogP contribution in [0.25, 0.3) is 10.9 Å². The molecule has 2 saturated heterocycles. The van der Waals surface area contributed by atoms with Gasteiger partial charge in [0.25, 0.3) is 11.5 Å². The number of nitrogens with one attached hydrogen (secondary N) is 1. The lowest BCUT2D eigenvalue weighted by Gasteiger charge is -2.45. The van der Waals surface area contributed by atoms with Gasteiger partial charge in [-0.25, -0.2) is 13.2 Å². The third-order valence-corrected chi connectivity index (χ3v) is 10.8. The van der Waals surface area contributed by atoms with Gasteiger partial charge in [0.15, 0.2) is 0 Å². The maximum absolute atomic E-state index is 13.5. The van der Waals surface area contributed by atoms with Gasteiger partial charge in [-0.2, -0.15) is 4.31 Å². The number of sulfonamides is 1. The number of aliphatic hydroxyl groups is 1. The molecule has 262 valence electrons. The molecule has 2 N–H and O–H groups in total. The van der Waals surface area contributed by atoms with Crippen molar-refractivity contribution in [2.75, 3.05) is 65.7 Å². The van der Waals surface area contributed by atoms with E-state index in [1.165, 1.54) is 22.6 Å². The third kappa shape index (κ3) is 9.11. The molecule has 0 bridgehead atoms. The van der Waals surface area contributed by atoms with Gasteiger partial charge in [0.05, 0.1) is 31.5 Å². The number of carbonyl (C=O) groups is 2. The Kier molecular flexibility index (Phi) is 12.5. The summed E-state index contributed by atoms with van der Waals surface area (Å²) in [5.41, 5.74) is 0.632. The smallest absolute Gasteiger partial charge is 0.409 e. The second kappa shape index (κ2) is 15.9. The van der Waals surface area contributed by atoms with E-state index in [2.05, 4.69) is 29.0 Å². The number of β-amino-alcohol motifs (C(OH)–C–C–N with tert-alkyl or cyclic N) is 1. The van der Waals surface area contributed by atoms with Crippen LogP contribution in [0.15, 0.2) is 35.1 Å². The van der Waals surface area contributed by atoms with E-state index in [0.29, 0.717) is 58.7 Å². The molecule has 2 amide bonds. The topological polar surface area (TPSA) is 145 Å². The molecule has 3 heterocycles. The second-order valence-electron chi connectivity index (χ2n) is 13.2. The maximum atomic E-state index is 13.5. The number of nitrogens with zero attached hydrogens (tertiary/aromatic N) is 5. The summed E-state index contributed by atoms with van der Waals surface area (Å²) in [5, 5.41) is 15.1. The van der Waals surface area contributed by atoms with Gasteiger partial charge in [0.2, 0.25) is 10.0 Å². The highest BCUT2D eigenvalue weighted by molar-refractivity contribution is 7.88. The van der Waals surface area contributed by atoms with Crippen molar-refractivity contribution in [3.63, 3.8) is 0 Å². The Balaban J connectivity index is 1.36. The van der Waals surface area contributed by atoms with Crippen LogP contribution < -0.4 is 10.9 Å². The summed E-state index contributed by atoms with van der Waals surface area (Å²) in [7, 11) is -1.91. The number of fused-ring (bicyclic) bond motifs is 1. The van der Waals surface area contributed by atoms with Gasteiger partial charge in [-0.3, -0.25) is 19.4 Å². The number of pyridine rings is 1. The van der Waals surface area contributed by atoms with E-state index < -0.39 is 22.2 Å². The molecule has 0 spiro atoms. The van der Waals surface area contributed by atoms with Gasteiger partial charge >= 0.3 is 6.09 Å². The Bertz CT molecular complexity index is 1560. The minimum absolute atomic E-state index is 0.0373. The summed E-state index contributed by atoms with van der Waals surface area (Å²) >= 11 is 0. The van der Waals surface area contributed by atoms with Crippen LogP contribution in [0.4, 0.5) is 4.79 Å². The van der Waals surface area contributed by atoms with Crippen LogP contribution in [0.5, 0.6) is 0 Å². The number of amides is 2. The van der Waals surface area contributed by atoms with Crippen LogP contribution >= 0.6 is 0 Å². The zero-order valence-corrected chi connectivity index (χ0v) is 29.4. The number of piperidine rings is 1. The van der Waals surface area contributed by atoms with E-state index in [0.717, 1.165) is 17.3 Å². The highest BCUT2D eigenvalue weighted by Crippen LogP contribution is 2.26. The van der Waals surface area contributed by atoms with Gasteiger partial charge in [-0.15, -0.1) is 0 Å². The number of hydrogen-bond donors (Lipinski definition) is 2. The summed E-state index contributed by atoms with van der Waals surface area (Å²) in [6.07, 6.45) is 1.99. The number of methoxy groups -OCH3 is 1. The fraction of sp³-hybridized carbons (Fsp3) is 0.667. The third-order valence-electron chi connectivity index (χ3n) is 9.50. The largest absolute Gasteiger partial charge is 0.453 e. The first-order valence-electron chi connectivity index (χ1n) is 16.6. The number of piperazine rings is 1. The number of aliphatic hydroxyl groups excluding tert-OH is 1. The lowest BCUT2D eigenvalue weighted by molar-refractivity contribution is 0.00905. The van der Waals surface area contributed by atoms with Gasteiger partial charge in [-0.1, -0.05) is 25.1 Å². The summed E-state index contributed by atoms with van der Waals surface area (Å²) in [6, 6.07) is 9.15. The Morgan fingerprint density at radius 3 is 2.43 bits per heavy atom. The zero-order chi connectivity index (χ0) is 34.5. The first kappa shape index (κ1) is 36.8. The van der Waals surface area contributed by atoms with Gasteiger partial charge in [0, 0.05) is 70.0 Å². The first-order chi connectivity index (χ1) is 22.2. The van der Waals surface area contributed by atoms with Crippen LogP contribution in [-0.2, 0) is 14.8 Å². The van der Waals surface area contributed by atoms with E-state index in [1.807, 2.05) is 38.1 Å². The van der Waals surface area contributed by atoms with E-state index >= 15 is 0 Å². The molecule has 0 aliphatic carbocycles. The Labute approximate surface area is 278 Å². The van der Waals surface area contributed by atoms with Crippen molar-refractivity contribution in [1.29, 1.82) is 0 Å². The van der Waals surface area contributed by atoms with Crippen LogP contribution in [0.2, 0.25) is 0 Å². The van der Waals surface area contributed by atoms with Crippen LogP contribution in [0.3, 0.4) is 0 Å². The van der Waals surface area contributed by atoms with Crippen molar-refractivity contribution in [1.82, 2.24) is 28.9 Å². The normalized spacial score (nSPS) is 22.3. The first-order valence-corrected chi connectivity index (χ1v) is 18.5. The predicted octanol–water partition coefficient (Wildman–Crippen LogP) is 1.95. The number of hydrogen-bond acceptors (Lipinski definition) is 9. The molecule has 1 aromatic heterocycles. The fourth-order valence-electron chi connectivity index (χ4n) is 7.03. The van der Waals surface area contributed by atoms with Crippen LogP contribution in [-0.4, -0.2) is 139 Å². The number of para-hydroxylation sites is 1. The van der Waals surface area contributed by atoms with Gasteiger partial charge < -0.3 is 24.6 Å². The highest BCUT2D eigenvalue weighted by Gasteiger charge is 2.35. The van der Waals surface area contributed by atoms with Crippen molar-refractivity contribution < 1.29 is 27.9 Å². The molecule has 47 heavy (non-hydrogen) atoms. The van der Waals surface area contributed by atoms with Crippen molar-refractivity contribution in [3.05, 3.63) is 46.2 Å². The monoisotopic (exact) mass is 676 g/mol. The molecule has 4 rings (SSSR count). The molecule has 2 aliphatic heterocycles. The Morgan fingerprint density at radius 2 is 1.81 bits per heavy atom. The number of carbonyl (C=O) groups excluding carboxylic acids is 2. The standard InChI is InChI=1S/C33H52N6O7S/c1-7-27-20-26(34-31(41)29-19-25-10-8-9-11-30(25)39(23(2)3)32(29)42)18-24(4)38(27)22-28(40)21-36(33(43)46-5)15-12-35-13-16-37(17-14-35)47(6,44)45/h8-11,19,23-24,26-28,40H,7,12-18,20-22H2,1-6H3,(H,34,41)/t24-,26+,27+,28?/m1/s1. The SMILES string of the molecule is CC[C@H]1C[C@@H](NC(=O)c2cc3ccccc3n(C(C)C)c2=O)C[C@@H](C)N1CC(O)CN(CCN1CCN(S(C)(=O)=O)CC1)C(=O)OC. The molecule has 4 atom stereocenters. The van der Waals surface area contributed by atoms with Crippen LogP contribution in [0.1, 0.15) is 63.4 Å². The quantitative estimate of drug-likeness (QED) is 0.345. The lowest BCUT2D eigenvalue weighted by Crippen LogP contribution is -2.57. The average Bonchev–Trinajstić information content (AvgIpc) is 3.02. The molecule has 0 radical (unpaired) electrons. The molecule has 1 unspecified atom stereocenters. The number of ether oxygens (including phenoxy) is 1. The highest BCUT2D eigenvalue weighted by atomic mass is 32.2. The van der Waals surface area contributed by atoms with Crippen molar-refractivity contribution in [3.8, 4) is 0 Å². The summed E-state index contributed by atoms with van der Waals surface area (Å²) in [5.74, 6) is -0.373. The van der Waals surface area contributed by atoms with E-state index in [9.17, 15) is 27.9 Å². The van der Waals surface area contributed by atoms with E-state index in [4.69, 9.17) is 4.74 Å². The van der Waals surface area contributed by atoms with E-state index in [1.54, 1.807) is 10.6 Å². The molecule has 2 aliphatic rings. The van der Waals surface area contributed by atoms with Gasteiger partial charge in [0.1, 0.15) is 5.56 Å². The predicted molar refractivity (Wildman–Crippen MR) is 182 cm³/mol. The van der Waals surface area contributed by atoms with E-state index in [-0.39, 0.29) is 47.7 Å². The van der Waals surface area contributed by atoms with Crippen molar-refractivity contribution >= 4 is 32.9 Å². The fourth-order valence-corrected chi connectivity index (χ4v) is 7.85. The average molecular weight is 677 g/mol. The minimum Gasteiger partial charge on any atom is -0.453 e. The maximum Gasteiger partial charge on any atom is 0.409 e. The molecular formula is C33H52N6O7S. The molecule has 13 nitrogen and oxygen atoms in total. The van der Waals surface area contributed by atoms with Crippen molar-refractivity contribution in [2.45, 2.75) is 77.2 Å². The number of benzene rings is 1. The summed E-state index contributed by atoms with van der Waals surface area (Å²) < 4.78 is 31.8.